The van der Waals surface area contributed by atoms with Gasteiger partial charge in [0.15, 0.2) is 0 Å². The molecule has 184 valence electrons. The van der Waals surface area contributed by atoms with Gasteiger partial charge in [-0.3, -0.25) is 0 Å². The summed E-state index contributed by atoms with van der Waals surface area (Å²) >= 11 is 0. The summed E-state index contributed by atoms with van der Waals surface area (Å²) in [6.07, 6.45) is 24.9. The molecule has 1 aliphatic rings. The van der Waals surface area contributed by atoms with Gasteiger partial charge in [0.1, 0.15) is 0 Å². The van der Waals surface area contributed by atoms with Crippen molar-refractivity contribution in [3.8, 4) is 0 Å². The van der Waals surface area contributed by atoms with E-state index in [1.165, 1.54) is 81.8 Å². The molecule has 0 aliphatic heterocycles. The van der Waals surface area contributed by atoms with Crippen molar-refractivity contribution >= 4 is 0 Å². The minimum Gasteiger partial charge on any atom is -0.373 e. The molecule has 0 bridgehead atoms. The molecule has 0 heterocycles. The van der Waals surface area contributed by atoms with Gasteiger partial charge in [-0.2, -0.15) is 0 Å². The van der Waals surface area contributed by atoms with E-state index in [0.717, 1.165) is 18.9 Å². The van der Waals surface area contributed by atoms with E-state index < -0.39 is 0 Å². The molecule has 0 aromatic rings. The molecule has 0 aromatic carbocycles. The third-order valence-corrected chi connectivity index (χ3v) is 7.17. The molecule has 0 saturated carbocycles. The van der Waals surface area contributed by atoms with Crippen molar-refractivity contribution in [3.63, 3.8) is 0 Å². The van der Waals surface area contributed by atoms with E-state index >= 15 is 0 Å². The molecule has 0 N–H and O–H groups in total. The van der Waals surface area contributed by atoms with E-state index in [4.69, 9.17) is 4.74 Å². The number of unbranched alkanes of at least 4 members (excludes halogenated alkanes) is 3. The molecule has 0 radical (unpaired) electrons. The molecule has 0 saturated heterocycles. The Morgan fingerprint density at radius 2 is 1.62 bits per heavy atom. The van der Waals surface area contributed by atoms with Crippen LogP contribution in [0.3, 0.4) is 0 Å². The summed E-state index contributed by atoms with van der Waals surface area (Å²) in [4.78, 5) is 0. The molecule has 1 nitrogen and oxygen atoms in total. The van der Waals surface area contributed by atoms with Crippen LogP contribution in [0.4, 0.5) is 0 Å². The fraction of sp³-hybridized carbons (Fsp3) is 0.742. The summed E-state index contributed by atoms with van der Waals surface area (Å²) in [6, 6.07) is 0. The average Bonchev–Trinajstić information content (AvgIpc) is 2.76. The Balaban J connectivity index is 2.33. The molecule has 0 spiro atoms. The summed E-state index contributed by atoms with van der Waals surface area (Å²) in [7, 11) is 0. The first kappa shape index (κ1) is 29.0. The van der Waals surface area contributed by atoms with Crippen molar-refractivity contribution in [2.75, 3.05) is 6.61 Å². The summed E-state index contributed by atoms with van der Waals surface area (Å²) < 4.78 is 6.32. The van der Waals surface area contributed by atoms with Gasteiger partial charge >= 0.3 is 0 Å². The van der Waals surface area contributed by atoms with Crippen molar-refractivity contribution in [2.45, 2.75) is 132 Å². The highest BCUT2D eigenvalue weighted by Crippen LogP contribution is 2.32. The monoisotopic (exact) mass is 442 g/mol. The number of allylic oxidation sites excluding steroid dienone is 6. The normalized spacial score (nSPS) is 20.8. The second kappa shape index (κ2) is 17.4. The quantitative estimate of drug-likeness (QED) is 0.161. The minimum atomic E-state index is 0.295. The van der Waals surface area contributed by atoms with Gasteiger partial charge in [-0.15, -0.1) is 0 Å². The van der Waals surface area contributed by atoms with Gasteiger partial charge in [0, 0.05) is 12.5 Å². The molecule has 0 amide bonds. The van der Waals surface area contributed by atoms with Crippen LogP contribution < -0.4 is 0 Å². The third kappa shape index (κ3) is 12.2. The highest BCUT2D eigenvalue weighted by molar-refractivity contribution is 5.29. The van der Waals surface area contributed by atoms with Crippen LogP contribution in [0.25, 0.3) is 0 Å². The molecule has 3 unspecified atom stereocenters. The zero-order chi connectivity index (χ0) is 23.8. The average molecular weight is 443 g/mol. The van der Waals surface area contributed by atoms with Crippen molar-refractivity contribution in [3.05, 3.63) is 46.6 Å². The van der Waals surface area contributed by atoms with Gasteiger partial charge in [-0.25, -0.2) is 0 Å². The fourth-order valence-corrected chi connectivity index (χ4v) is 4.47. The highest BCUT2D eigenvalue weighted by Gasteiger charge is 2.26. The predicted octanol–water partition coefficient (Wildman–Crippen LogP) is 10.1. The van der Waals surface area contributed by atoms with Crippen LogP contribution in [-0.2, 0) is 4.74 Å². The summed E-state index contributed by atoms with van der Waals surface area (Å²) in [5.74, 6) is 1.30. The SMILES string of the molecule is CCCC/C=C(\C)CC/C=C(\C)CCCC(C)CCC1=CC=C(C)C(C)C1OCCCC. The summed E-state index contributed by atoms with van der Waals surface area (Å²) in [5.41, 5.74) is 6.11. The van der Waals surface area contributed by atoms with E-state index in [9.17, 15) is 0 Å². The van der Waals surface area contributed by atoms with Gasteiger partial charge in [0.25, 0.3) is 0 Å². The first-order valence-electron chi connectivity index (χ1n) is 13.7. The Bertz CT molecular complexity index is 618. The number of rotatable bonds is 17. The maximum absolute atomic E-state index is 6.32. The van der Waals surface area contributed by atoms with Gasteiger partial charge in [0.05, 0.1) is 6.10 Å². The maximum atomic E-state index is 6.32. The van der Waals surface area contributed by atoms with E-state index in [0.29, 0.717) is 12.0 Å². The molecule has 1 rings (SSSR count). The van der Waals surface area contributed by atoms with Crippen LogP contribution in [0.5, 0.6) is 0 Å². The lowest BCUT2D eigenvalue weighted by atomic mass is 9.83. The zero-order valence-electron chi connectivity index (χ0n) is 22.6. The lowest BCUT2D eigenvalue weighted by Crippen LogP contribution is -2.28. The standard InChI is InChI=1S/C31H54O/c1-8-10-12-15-25(3)16-13-17-26(4)18-14-19-27(5)20-22-30-23-21-28(6)29(7)31(30)32-24-11-9-2/h15,17,21,23,27,29,31H,8-14,16,18-20,22,24H2,1-7H3/b25-15+,26-17+. The predicted molar refractivity (Wildman–Crippen MR) is 144 cm³/mol. The highest BCUT2D eigenvalue weighted by atomic mass is 16.5. The van der Waals surface area contributed by atoms with E-state index in [1.54, 1.807) is 11.1 Å². The molecule has 32 heavy (non-hydrogen) atoms. The second-order valence-electron chi connectivity index (χ2n) is 10.4. The van der Waals surface area contributed by atoms with Gasteiger partial charge in [0.2, 0.25) is 0 Å². The van der Waals surface area contributed by atoms with Crippen molar-refractivity contribution in [1.29, 1.82) is 0 Å². The third-order valence-electron chi connectivity index (χ3n) is 7.17. The smallest absolute Gasteiger partial charge is 0.0850 e. The molecule has 1 aliphatic carbocycles. The largest absolute Gasteiger partial charge is 0.373 e. The van der Waals surface area contributed by atoms with E-state index in [2.05, 4.69) is 72.8 Å². The lowest BCUT2D eigenvalue weighted by Gasteiger charge is -2.31. The summed E-state index contributed by atoms with van der Waals surface area (Å²) in [6.45, 7) is 17.0. The van der Waals surface area contributed by atoms with Crippen molar-refractivity contribution < 1.29 is 4.74 Å². The molecular weight excluding hydrogens is 388 g/mol. The van der Waals surface area contributed by atoms with Crippen LogP contribution in [0.2, 0.25) is 0 Å². The first-order chi connectivity index (χ1) is 15.4. The lowest BCUT2D eigenvalue weighted by molar-refractivity contribution is 0.0461. The van der Waals surface area contributed by atoms with Gasteiger partial charge < -0.3 is 4.74 Å². The van der Waals surface area contributed by atoms with E-state index in [-0.39, 0.29) is 0 Å². The molecular formula is C31H54O. The van der Waals surface area contributed by atoms with Crippen LogP contribution in [0, 0.1) is 11.8 Å². The summed E-state index contributed by atoms with van der Waals surface area (Å²) in [5, 5.41) is 0. The minimum absolute atomic E-state index is 0.295. The number of ether oxygens (including phenoxy) is 1. The number of hydrogen-bond donors (Lipinski definition) is 0. The zero-order valence-corrected chi connectivity index (χ0v) is 22.6. The molecule has 1 heteroatoms. The van der Waals surface area contributed by atoms with Crippen molar-refractivity contribution in [1.82, 2.24) is 0 Å². The maximum Gasteiger partial charge on any atom is 0.0850 e. The first-order valence-corrected chi connectivity index (χ1v) is 13.7. The van der Waals surface area contributed by atoms with Gasteiger partial charge in [-0.1, -0.05) is 94.4 Å². The Kier molecular flexibility index (Phi) is 15.7. The van der Waals surface area contributed by atoms with Crippen LogP contribution >= 0.6 is 0 Å². The molecule has 0 aromatic heterocycles. The van der Waals surface area contributed by atoms with Crippen LogP contribution in [-0.4, -0.2) is 12.7 Å². The molecule has 3 atom stereocenters. The Labute approximate surface area is 201 Å². The van der Waals surface area contributed by atoms with Gasteiger partial charge in [-0.05, 0) is 83.6 Å². The topological polar surface area (TPSA) is 9.23 Å². The van der Waals surface area contributed by atoms with Crippen molar-refractivity contribution in [2.24, 2.45) is 11.8 Å². The second-order valence-corrected chi connectivity index (χ2v) is 10.4. The van der Waals surface area contributed by atoms with Crippen LogP contribution in [0.1, 0.15) is 126 Å². The Hall–Kier alpha value is -1.08. The van der Waals surface area contributed by atoms with E-state index in [1.807, 2.05) is 0 Å². The Morgan fingerprint density at radius 3 is 2.34 bits per heavy atom. The van der Waals surface area contributed by atoms with Crippen LogP contribution in [0.15, 0.2) is 46.6 Å². The Morgan fingerprint density at radius 1 is 0.938 bits per heavy atom. The number of hydrogen-bond acceptors (Lipinski definition) is 1. The molecule has 0 fully saturated rings. The fourth-order valence-electron chi connectivity index (χ4n) is 4.47.